The van der Waals surface area contributed by atoms with Gasteiger partial charge in [0.15, 0.2) is 17.3 Å². The maximum atomic E-state index is 12.9. The number of esters is 1. The molecule has 0 N–H and O–H groups in total. The van der Waals surface area contributed by atoms with Crippen LogP contribution >= 0.6 is 22.9 Å². The van der Waals surface area contributed by atoms with E-state index in [1.807, 2.05) is 11.4 Å². The number of ketones is 1. The van der Waals surface area contributed by atoms with E-state index in [1.54, 1.807) is 12.1 Å². The third-order valence-electron chi connectivity index (χ3n) is 5.07. The molecule has 8 heteroatoms. The second kappa shape index (κ2) is 8.41. The van der Waals surface area contributed by atoms with Crippen LogP contribution < -0.4 is 14.2 Å². The molecule has 1 aliphatic rings. The maximum absolute atomic E-state index is 12.9. The van der Waals surface area contributed by atoms with E-state index < -0.39 is 23.7 Å². The number of Topliss-reactive ketones (excluding diaryl/α,β-unsaturated/α-hetero) is 1. The molecule has 1 aromatic carbocycles. The third-order valence-corrected chi connectivity index (χ3v) is 6.35. The lowest BCUT2D eigenvalue weighted by atomic mass is 9.68. The van der Waals surface area contributed by atoms with Gasteiger partial charge in [0.2, 0.25) is 5.75 Å². The summed E-state index contributed by atoms with van der Waals surface area (Å²) < 4.78 is 21.4. The summed E-state index contributed by atoms with van der Waals surface area (Å²) >= 11 is 7.48. The minimum Gasteiger partial charge on any atom is -0.493 e. The summed E-state index contributed by atoms with van der Waals surface area (Å²) in [6.45, 7) is 0. The fourth-order valence-corrected chi connectivity index (χ4v) is 5.07. The van der Waals surface area contributed by atoms with Crippen molar-refractivity contribution in [1.82, 2.24) is 0 Å². The number of fused-ring (bicyclic) bond motifs is 1. The molecule has 1 aliphatic carbocycles. The number of thiophene rings is 1. The molecule has 1 heterocycles. The Bertz CT molecular complexity index is 868. The molecule has 2 aromatic rings. The van der Waals surface area contributed by atoms with Crippen LogP contribution in [0, 0.1) is 11.8 Å². The third kappa shape index (κ3) is 3.22. The summed E-state index contributed by atoms with van der Waals surface area (Å²) in [5.41, 5.74) is 1.54. The van der Waals surface area contributed by atoms with Crippen LogP contribution in [0.3, 0.4) is 0 Å². The van der Waals surface area contributed by atoms with E-state index in [1.165, 1.54) is 39.8 Å². The number of halogens is 1. The first-order valence-corrected chi connectivity index (χ1v) is 9.99. The summed E-state index contributed by atoms with van der Waals surface area (Å²) in [5.74, 6) is -1.04. The quantitative estimate of drug-likeness (QED) is 0.519. The van der Waals surface area contributed by atoms with Gasteiger partial charge in [0.05, 0.1) is 45.2 Å². The molecular weight excluding hydrogens is 404 g/mol. The Labute approximate surface area is 172 Å². The van der Waals surface area contributed by atoms with Crippen LogP contribution in [-0.2, 0) is 9.53 Å². The van der Waals surface area contributed by atoms with E-state index in [0.29, 0.717) is 22.1 Å². The summed E-state index contributed by atoms with van der Waals surface area (Å²) in [6.07, 6.45) is 0. The van der Waals surface area contributed by atoms with Gasteiger partial charge in [-0.3, -0.25) is 9.59 Å². The Kier molecular flexibility index (Phi) is 6.15. The number of benzene rings is 1. The molecule has 0 amide bonds. The van der Waals surface area contributed by atoms with Crippen LogP contribution in [0.4, 0.5) is 0 Å². The molecule has 0 spiro atoms. The van der Waals surface area contributed by atoms with Crippen molar-refractivity contribution in [3.05, 3.63) is 39.6 Å². The Morgan fingerprint density at radius 2 is 1.75 bits per heavy atom. The van der Waals surface area contributed by atoms with Gasteiger partial charge in [-0.2, -0.15) is 0 Å². The van der Waals surface area contributed by atoms with E-state index in [9.17, 15) is 9.59 Å². The zero-order chi connectivity index (χ0) is 20.4. The first-order chi connectivity index (χ1) is 13.5. The van der Waals surface area contributed by atoms with Crippen LogP contribution in [-0.4, -0.2) is 46.1 Å². The fourth-order valence-electron chi connectivity index (χ4n) is 3.79. The van der Waals surface area contributed by atoms with Gasteiger partial charge in [-0.15, -0.1) is 22.9 Å². The summed E-state index contributed by atoms with van der Waals surface area (Å²) in [6, 6.07) is 5.46. The van der Waals surface area contributed by atoms with Crippen molar-refractivity contribution < 1.29 is 28.5 Å². The number of alkyl halides is 1. The molecule has 3 atom stereocenters. The maximum Gasteiger partial charge on any atom is 0.310 e. The molecule has 28 heavy (non-hydrogen) atoms. The van der Waals surface area contributed by atoms with Gasteiger partial charge in [-0.05, 0) is 34.7 Å². The average molecular weight is 425 g/mol. The minimum atomic E-state index is -0.750. The van der Waals surface area contributed by atoms with Crippen LogP contribution in [0.5, 0.6) is 17.2 Å². The van der Waals surface area contributed by atoms with Gasteiger partial charge < -0.3 is 18.9 Å². The van der Waals surface area contributed by atoms with Gasteiger partial charge in [0, 0.05) is 11.8 Å². The number of methoxy groups -OCH3 is 4. The van der Waals surface area contributed by atoms with Gasteiger partial charge in [-0.1, -0.05) is 0 Å². The van der Waals surface area contributed by atoms with Gasteiger partial charge >= 0.3 is 5.97 Å². The van der Waals surface area contributed by atoms with Gasteiger partial charge in [0.25, 0.3) is 0 Å². The highest BCUT2D eigenvalue weighted by molar-refractivity contribution is 7.12. The molecule has 0 saturated carbocycles. The molecule has 1 aromatic heterocycles. The monoisotopic (exact) mass is 424 g/mol. The van der Waals surface area contributed by atoms with Crippen molar-refractivity contribution in [2.45, 2.75) is 5.92 Å². The van der Waals surface area contributed by atoms with Crippen LogP contribution in [0.2, 0.25) is 0 Å². The zero-order valence-corrected chi connectivity index (χ0v) is 17.6. The van der Waals surface area contributed by atoms with Gasteiger partial charge in [0.1, 0.15) is 0 Å². The molecule has 3 rings (SSSR count). The predicted octanol–water partition coefficient (Wildman–Crippen LogP) is 3.75. The Hall–Kier alpha value is -2.25. The Morgan fingerprint density at radius 1 is 1.11 bits per heavy atom. The van der Waals surface area contributed by atoms with E-state index in [0.717, 1.165) is 11.1 Å². The second-order valence-electron chi connectivity index (χ2n) is 6.32. The highest BCUT2D eigenvalue weighted by Crippen LogP contribution is 2.49. The molecule has 0 saturated heterocycles. The minimum absolute atomic E-state index is 0.0247. The predicted molar refractivity (Wildman–Crippen MR) is 106 cm³/mol. The molecule has 0 bridgehead atoms. The van der Waals surface area contributed by atoms with Crippen molar-refractivity contribution in [1.29, 1.82) is 0 Å². The number of carbonyl (C=O) groups is 2. The summed E-state index contributed by atoms with van der Waals surface area (Å²) in [7, 11) is 5.90. The largest absolute Gasteiger partial charge is 0.493 e. The number of ether oxygens (including phenoxy) is 4. The van der Waals surface area contributed by atoms with E-state index in [2.05, 4.69) is 0 Å². The summed E-state index contributed by atoms with van der Waals surface area (Å²) in [4.78, 5) is 26.2. The number of hydrogen-bond acceptors (Lipinski definition) is 7. The fraction of sp³-hybridized carbons (Fsp3) is 0.400. The van der Waals surface area contributed by atoms with Crippen LogP contribution in [0.25, 0.3) is 0 Å². The summed E-state index contributed by atoms with van der Waals surface area (Å²) in [5, 5.41) is 1.85. The zero-order valence-electron chi connectivity index (χ0n) is 16.0. The molecular formula is C20H21ClO6S. The lowest BCUT2D eigenvalue weighted by Crippen LogP contribution is -2.40. The molecule has 0 aliphatic heterocycles. The second-order valence-corrected chi connectivity index (χ2v) is 7.54. The Morgan fingerprint density at radius 3 is 2.25 bits per heavy atom. The number of carbonyl (C=O) groups excluding carboxylic acids is 2. The van der Waals surface area contributed by atoms with Crippen molar-refractivity contribution >= 4 is 34.7 Å². The van der Waals surface area contributed by atoms with Crippen LogP contribution in [0.15, 0.2) is 23.6 Å². The van der Waals surface area contributed by atoms with Crippen molar-refractivity contribution in [3.63, 3.8) is 0 Å². The van der Waals surface area contributed by atoms with E-state index in [-0.39, 0.29) is 11.7 Å². The number of rotatable bonds is 6. The molecule has 150 valence electrons. The lowest BCUT2D eigenvalue weighted by Gasteiger charge is -2.35. The first-order valence-electron chi connectivity index (χ1n) is 8.57. The lowest BCUT2D eigenvalue weighted by molar-refractivity contribution is -0.147. The van der Waals surface area contributed by atoms with Crippen molar-refractivity contribution in [3.8, 4) is 17.2 Å². The smallest absolute Gasteiger partial charge is 0.310 e. The molecule has 6 nitrogen and oxygen atoms in total. The molecule has 0 fully saturated rings. The van der Waals surface area contributed by atoms with Crippen molar-refractivity contribution in [2.24, 2.45) is 11.8 Å². The normalized spacial score (nSPS) is 21.0. The van der Waals surface area contributed by atoms with E-state index in [4.69, 9.17) is 30.5 Å². The van der Waals surface area contributed by atoms with E-state index >= 15 is 0 Å². The standard InChI is InChI=1S/C20H21ClO6S/c1-24-13-7-10(8-14(25-2)18(13)26-3)15-11-5-6-28-19(11)17(22)12(9-21)16(15)20(23)27-4/h5-8,12,15-16H,9H2,1-4H3/t12-,15-,16-/m1/s1. The highest BCUT2D eigenvalue weighted by Gasteiger charge is 2.48. The first kappa shape index (κ1) is 20.5. The van der Waals surface area contributed by atoms with Crippen molar-refractivity contribution in [2.75, 3.05) is 34.3 Å². The van der Waals surface area contributed by atoms with Gasteiger partial charge in [-0.25, -0.2) is 0 Å². The highest BCUT2D eigenvalue weighted by atomic mass is 35.5. The topological polar surface area (TPSA) is 71.1 Å². The average Bonchev–Trinajstić information content (AvgIpc) is 3.21. The van der Waals surface area contributed by atoms with Crippen LogP contribution in [0.1, 0.15) is 26.7 Å². The SMILES string of the molecule is COC(=O)[C@H]1[C@H](c2cc(OC)c(OC)c(OC)c2)c2ccsc2C(=O)[C@@H]1CCl. The molecule has 0 unspecified atom stereocenters. The number of hydrogen-bond donors (Lipinski definition) is 0. The Balaban J connectivity index is 2.26. The molecule has 0 radical (unpaired) electrons.